The molecule has 0 saturated heterocycles. The van der Waals surface area contributed by atoms with Crippen LogP contribution in [0.25, 0.3) is 0 Å². The molecule has 0 aromatic rings. The van der Waals surface area contributed by atoms with Gasteiger partial charge in [-0.25, -0.2) is 0 Å². The smallest absolute Gasteiger partial charge is 0.376 e. The topological polar surface area (TPSA) is 27.7 Å². The first-order valence-corrected chi connectivity index (χ1v) is 7.88. The first-order valence-electron chi connectivity index (χ1n) is 6.46. The number of hydrogen-bond donors (Lipinski definition) is 0. The lowest BCUT2D eigenvalue weighted by atomic mass is 10.1. The van der Waals surface area contributed by atoms with E-state index in [4.69, 9.17) is 13.3 Å². The molecule has 4 heteroatoms. The summed E-state index contributed by atoms with van der Waals surface area (Å²) >= 11 is 0. The summed E-state index contributed by atoms with van der Waals surface area (Å²) in [6.07, 6.45) is 2.71. The van der Waals surface area contributed by atoms with Gasteiger partial charge in [0.15, 0.2) is 0 Å². The van der Waals surface area contributed by atoms with Gasteiger partial charge in [0.25, 0.3) is 0 Å². The zero-order valence-electron chi connectivity index (χ0n) is 11.9. The fourth-order valence-corrected chi connectivity index (χ4v) is 2.24. The van der Waals surface area contributed by atoms with Crippen LogP contribution < -0.4 is 0 Å². The third-order valence-corrected chi connectivity index (χ3v) is 3.59. The van der Waals surface area contributed by atoms with Gasteiger partial charge in [0.2, 0.25) is 0 Å². The average Bonchev–Trinajstić information content (AvgIpc) is 2.19. The van der Waals surface area contributed by atoms with Crippen LogP contribution in [0.2, 0.25) is 0 Å². The Labute approximate surface area is 103 Å². The molecule has 0 spiro atoms. The molecule has 0 atom stereocenters. The van der Waals surface area contributed by atoms with E-state index in [0.717, 1.165) is 5.92 Å². The normalized spacial score (nSPS) is 10.5. The highest BCUT2D eigenvalue weighted by molar-refractivity contribution is 6.36. The van der Waals surface area contributed by atoms with Crippen LogP contribution in [0.1, 0.15) is 54.4 Å². The SMILES string of the molecule is CCCC(C)C.CCO[SiH](OCC)OCC. The van der Waals surface area contributed by atoms with E-state index < -0.39 is 9.53 Å². The molecule has 0 fully saturated rings. The van der Waals surface area contributed by atoms with Crippen molar-refractivity contribution in [3.63, 3.8) is 0 Å². The minimum atomic E-state index is -1.73. The quantitative estimate of drug-likeness (QED) is 0.619. The highest BCUT2D eigenvalue weighted by Crippen LogP contribution is 2.00. The van der Waals surface area contributed by atoms with Gasteiger partial charge in [0, 0.05) is 19.8 Å². The maximum Gasteiger partial charge on any atom is 0.484 e. The van der Waals surface area contributed by atoms with E-state index in [-0.39, 0.29) is 0 Å². The van der Waals surface area contributed by atoms with Crippen molar-refractivity contribution in [2.75, 3.05) is 19.8 Å². The second-order valence-corrected chi connectivity index (χ2v) is 5.41. The Morgan fingerprint density at radius 1 is 0.812 bits per heavy atom. The van der Waals surface area contributed by atoms with E-state index in [1.165, 1.54) is 12.8 Å². The van der Waals surface area contributed by atoms with Crippen molar-refractivity contribution in [1.82, 2.24) is 0 Å². The Kier molecular flexibility index (Phi) is 17.4. The molecule has 0 unspecified atom stereocenters. The van der Waals surface area contributed by atoms with Crippen molar-refractivity contribution in [2.45, 2.75) is 54.4 Å². The lowest BCUT2D eigenvalue weighted by molar-refractivity contribution is 0.107. The van der Waals surface area contributed by atoms with Crippen LogP contribution in [0.3, 0.4) is 0 Å². The molecule has 0 radical (unpaired) electrons. The van der Waals surface area contributed by atoms with Crippen LogP contribution in [0.5, 0.6) is 0 Å². The maximum atomic E-state index is 5.22. The third-order valence-electron chi connectivity index (χ3n) is 1.77. The summed E-state index contributed by atoms with van der Waals surface area (Å²) in [6, 6.07) is 0. The van der Waals surface area contributed by atoms with Crippen molar-refractivity contribution in [3.05, 3.63) is 0 Å². The van der Waals surface area contributed by atoms with Gasteiger partial charge >= 0.3 is 9.53 Å². The summed E-state index contributed by atoms with van der Waals surface area (Å²) in [7, 11) is -1.73. The van der Waals surface area contributed by atoms with E-state index >= 15 is 0 Å². The third kappa shape index (κ3) is 16.5. The second kappa shape index (κ2) is 15.1. The van der Waals surface area contributed by atoms with Gasteiger partial charge in [-0.15, -0.1) is 0 Å². The lowest BCUT2D eigenvalue weighted by Gasteiger charge is -2.12. The van der Waals surface area contributed by atoms with Crippen molar-refractivity contribution in [1.29, 1.82) is 0 Å². The van der Waals surface area contributed by atoms with E-state index in [9.17, 15) is 0 Å². The van der Waals surface area contributed by atoms with Crippen LogP contribution in [0.4, 0.5) is 0 Å². The molecule has 0 saturated carbocycles. The van der Waals surface area contributed by atoms with E-state index in [0.29, 0.717) is 19.8 Å². The van der Waals surface area contributed by atoms with Crippen LogP contribution >= 0.6 is 0 Å². The summed E-state index contributed by atoms with van der Waals surface area (Å²) < 4.78 is 15.7. The summed E-state index contributed by atoms with van der Waals surface area (Å²) in [6.45, 7) is 14.6. The standard InChI is InChI=1S/C6H16O3Si.C6H14/c1-4-7-10(8-5-2)9-6-3;1-4-5-6(2)3/h10H,4-6H2,1-3H3;6H,4-5H2,1-3H3. The van der Waals surface area contributed by atoms with E-state index in [1.807, 2.05) is 20.8 Å². The lowest BCUT2D eigenvalue weighted by Crippen LogP contribution is -2.27. The number of hydrogen-bond acceptors (Lipinski definition) is 3. The van der Waals surface area contributed by atoms with Crippen molar-refractivity contribution < 1.29 is 13.3 Å². The minimum Gasteiger partial charge on any atom is -0.376 e. The Hall–Kier alpha value is 0.0969. The van der Waals surface area contributed by atoms with Crippen LogP contribution in [0, 0.1) is 5.92 Å². The fraction of sp³-hybridized carbons (Fsp3) is 1.00. The molecule has 0 aliphatic heterocycles. The molecule has 0 aliphatic rings. The molecule has 3 nitrogen and oxygen atoms in total. The molecule has 0 aliphatic carbocycles. The van der Waals surface area contributed by atoms with Crippen molar-refractivity contribution >= 4 is 9.53 Å². The molecule has 0 N–H and O–H groups in total. The van der Waals surface area contributed by atoms with Gasteiger partial charge in [0.1, 0.15) is 0 Å². The largest absolute Gasteiger partial charge is 0.484 e. The predicted molar refractivity (Wildman–Crippen MR) is 71.8 cm³/mol. The molecular formula is C12H30O3Si. The molecule has 0 bridgehead atoms. The van der Waals surface area contributed by atoms with Crippen LogP contribution in [-0.4, -0.2) is 29.3 Å². The van der Waals surface area contributed by atoms with Crippen LogP contribution in [-0.2, 0) is 13.3 Å². The maximum absolute atomic E-state index is 5.22. The van der Waals surface area contributed by atoms with E-state index in [1.54, 1.807) is 0 Å². The van der Waals surface area contributed by atoms with Crippen LogP contribution in [0.15, 0.2) is 0 Å². The molecule has 0 amide bonds. The molecule has 100 valence electrons. The summed E-state index contributed by atoms with van der Waals surface area (Å²) in [5, 5.41) is 0. The van der Waals surface area contributed by atoms with Gasteiger partial charge in [-0.2, -0.15) is 0 Å². The zero-order valence-corrected chi connectivity index (χ0v) is 13.1. The highest BCUT2D eigenvalue weighted by atomic mass is 28.3. The van der Waals surface area contributed by atoms with E-state index in [2.05, 4.69) is 20.8 Å². The first kappa shape index (κ1) is 18.5. The molecule has 0 aromatic heterocycles. The molecule has 0 heterocycles. The molecule has 16 heavy (non-hydrogen) atoms. The monoisotopic (exact) mass is 250 g/mol. The van der Waals surface area contributed by atoms with Crippen molar-refractivity contribution in [3.8, 4) is 0 Å². The molecule has 0 rings (SSSR count). The Balaban J connectivity index is 0. The Bertz CT molecular complexity index is 107. The zero-order chi connectivity index (χ0) is 12.8. The predicted octanol–water partition coefficient (Wildman–Crippen LogP) is 3.26. The molecule has 0 aromatic carbocycles. The minimum absolute atomic E-state index is 0.677. The van der Waals surface area contributed by atoms with Gasteiger partial charge in [-0.3, -0.25) is 0 Å². The number of rotatable bonds is 8. The molecular weight excluding hydrogens is 220 g/mol. The summed E-state index contributed by atoms with van der Waals surface area (Å²) in [5.41, 5.74) is 0. The summed E-state index contributed by atoms with van der Waals surface area (Å²) in [4.78, 5) is 0. The Morgan fingerprint density at radius 3 is 1.31 bits per heavy atom. The fourth-order valence-electron chi connectivity index (χ4n) is 1.13. The van der Waals surface area contributed by atoms with Gasteiger partial charge < -0.3 is 13.3 Å². The van der Waals surface area contributed by atoms with Gasteiger partial charge in [0.05, 0.1) is 0 Å². The van der Waals surface area contributed by atoms with Crippen molar-refractivity contribution in [2.24, 2.45) is 5.92 Å². The average molecular weight is 250 g/mol. The van der Waals surface area contributed by atoms with Gasteiger partial charge in [-0.1, -0.05) is 33.6 Å². The highest BCUT2D eigenvalue weighted by Gasteiger charge is 2.11. The van der Waals surface area contributed by atoms with Gasteiger partial charge in [-0.05, 0) is 26.7 Å². The second-order valence-electron chi connectivity index (χ2n) is 3.84. The Morgan fingerprint density at radius 2 is 1.19 bits per heavy atom. The first-order chi connectivity index (χ1) is 7.62. The summed E-state index contributed by atoms with van der Waals surface area (Å²) in [5.74, 6) is 0.898.